The van der Waals surface area contributed by atoms with Gasteiger partial charge in [-0.2, -0.15) is 0 Å². The van der Waals surface area contributed by atoms with Crippen LogP contribution in [0.2, 0.25) is 20.1 Å². The van der Waals surface area contributed by atoms with E-state index < -0.39 is 0 Å². The summed E-state index contributed by atoms with van der Waals surface area (Å²) in [6.45, 7) is 3.25. The van der Waals surface area contributed by atoms with Crippen molar-refractivity contribution in [2.24, 2.45) is 0 Å². The van der Waals surface area contributed by atoms with E-state index in [0.717, 1.165) is 50.0 Å². The third kappa shape index (κ3) is 6.16. The first kappa shape index (κ1) is 28.4. The molecule has 1 aliphatic carbocycles. The van der Waals surface area contributed by atoms with E-state index in [1.165, 1.54) is 5.56 Å². The number of likely N-dealkylation sites (N-methyl/N-ethyl adjacent to an activating group) is 1. The van der Waals surface area contributed by atoms with E-state index in [9.17, 15) is 9.59 Å². The maximum absolute atomic E-state index is 13.2. The van der Waals surface area contributed by atoms with E-state index in [-0.39, 0.29) is 23.0 Å². The second-order valence-electron chi connectivity index (χ2n) is 10.8. The van der Waals surface area contributed by atoms with Gasteiger partial charge in [0, 0.05) is 52.5 Å². The number of rotatable bonds is 7. The van der Waals surface area contributed by atoms with Crippen LogP contribution in [0.3, 0.4) is 0 Å². The van der Waals surface area contributed by atoms with Crippen LogP contribution in [0.4, 0.5) is 0 Å². The molecule has 0 N–H and O–H groups in total. The molecule has 1 atom stereocenters. The van der Waals surface area contributed by atoms with Crippen LogP contribution in [0.15, 0.2) is 60.7 Å². The van der Waals surface area contributed by atoms with Crippen LogP contribution in [0.5, 0.6) is 0 Å². The summed E-state index contributed by atoms with van der Waals surface area (Å²) < 4.78 is 0. The number of nitrogens with zero attached hydrogens (tertiary/aromatic N) is 2. The number of halogens is 4. The number of fused-ring (bicyclic) bond motifs is 2. The third-order valence-electron chi connectivity index (χ3n) is 8.27. The lowest BCUT2D eigenvalue weighted by atomic mass is 9.73. The first-order valence-corrected chi connectivity index (χ1v) is 14.7. The fraction of sp³-hybridized carbons (Fsp3) is 0.355. The van der Waals surface area contributed by atoms with E-state index >= 15 is 0 Å². The zero-order valence-corrected chi connectivity index (χ0v) is 24.8. The molecule has 204 valence electrons. The SMILES string of the molecule is CN(C[C@@H](CCN1CCC2(CC1)CC(=O)c1ccccc12)c1ccc(Cl)c(Cl)c1)C(=O)c1cc(Cl)cc(Cl)c1. The van der Waals surface area contributed by atoms with Gasteiger partial charge in [0.1, 0.15) is 0 Å². The number of likely N-dealkylation sites (tertiary alicyclic amines) is 1. The van der Waals surface area contributed by atoms with Gasteiger partial charge in [0.05, 0.1) is 10.0 Å². The standard InChI is InChI=1S/C31H30Cl4N2O2/c1-36(30(39)22-14-23(32)17-24(33)15-22)19-21(20-6-7-27(34)28(35)16-20)8-11-37-12-9-31(10-13-37)18-29(38)25-4-2-3-5-26(25)31/h2-7,14-17,21H,8-13,18-19H2,1H3/t21-/m1/s1. The van der Waals surface area contributed by atoms with Gasteiger partial charge in [0.2, 0.25) is 0 Å². The molecule has 0 bridgehead atoms. The molecule has 3 aromatic carbocycles. The van der Waals surface area contributed by atoms with Crippen molar-refractivity contribution in [1.29, 1.82) is 0 Å². The lowest BCUT2D eigenvalue weighted by Gasteiger charge is -2.40. The van der Waals surface area contributed by atoms with E-state index in [4.69, 9.17) is 46.4 Å². The maximum Gasteiger partial charge on any atom is 0.253 e. The molecule has 1 saturated heterocycles. The van der Waals surface area contributed by atoms with Gasteiger partial charge in [-0.15, -0.1) is 0 Å². The van der Waals surface area contributed by atoms with Gasteiger partial charge in [-0.3, -0.25) is 9.59 Å². The third-order valence-corrected chi connectivity index (χ3v) is 9.45. The first-order chi connectivity index (χ1) is 18.6. The number of carbonyl (C=O) groups is 2. The Labute approximate surface area is 249 Å². The molecule has 0 unspecified atom stereocenters. The topological polar surface area (TPSA) is 40.6 Å². The summed E-state index contributed by atoms with van der Waals surface area (Å²) >= 11 is 24.9. The lowest BCUT2D eigenvalue weighted by molar-refractivity contribution is 0.0778. The Hall–Kier alpha value is -2.08. The van der Waals surface area contributed by atoms with Gasteiger partial charge in [0.15, 0.2) is 5.78 Å². The molecule has 1 amide bonds. The van der Waals surface area contributed by atoms with Gasteiger partial charge < -0.3 is 9.80 Å². The van der Waals surface area contributed by atoms with Crippen molar-refractivity contribution in [3.63, 3.8) is 0 Å². The van der Waals surface area contributed by atoms with Crippen LogP contribution in [0, 0.1) is 0 Å². The molecule has 3 aromatic rings. The zero-order chi connectivity index (χ0) is 27.7. The summed E-state index contributed by atoms with van der Waals surface area (Å²) in [5.74, 6) is 0.175. The minimum Gasteiger partial charge on any atom is -0.341 e. The van der Waals surface area contributed by atoms with Crippen molar-refractivity contribution in [2.75, 3.05) is 33.2 Å². The van der Waals surface area contributed by atoms with E-state index in [2.05, 4.69) is 11.0 Å². The summed E-state index contributed by atoms with van der Waals surface area (Å²) in [6, 6.07) is 18.7. The van der Waals surface area contributed by atoms with Crippen LogP contribution < -0.4 is 0 Å². The molecule has 0 saturated carbocycles. The molecular weight excluding hydrogens is 574 g/mol. The summed E-state index contributed by atoms with van der Waals surface area (Å²) in [5, 5.41) is 1.86. The Kier molecular flexibility index (Phi) is 8.61. The molecule has 1 aliphatic heterocycles. The summed E-state index contributed by atoms with van der Waals surface area (Å²) in [5.41, 5.74) is 3.59. The molecular formula is C31H30Cl4N2O2. The highest BCUT2D eigenvalue weighted by Crippen LogP contribution is 2.46. The predicted octanol–water partition coefficient (Wildman–Crippen LogP) is 8.17. The highest BCUT2D eigenvalue weighted by atomic mass is 35.5. The zero-order valence-electron chi connectivity index (χ0n) is 21.7. The molecule has 0 radical (unpaired) electrons. The summed E-state index contributed by atoms with van der Waals surface area (Å²) in [6.07, 6.45) is 3.41. The Morgan fingerprint density at radius 1 is 0.949 bits per heavy atom. The van der Waals surface area contributed by atoms with Crippen molar-refractivity contribution >= 4 is 58.1 Å². The number of carbonyl (C=O) groups excluding carboxylic acids is 2. The average Bonchev–Trinajstić information content (AvgIpc) is 3.19. The van der Waals surface area contributed by atoms with Gasteiger partial charge in [-0.25, -0.2) is 0 Å². The van der Waals surface area contributed by atoms with Gasteiger partial charge in [-0.05, 0) is 80.4 Å². The van der Waals surface area contributed by atoms with Crippen molar-refractivity contribution in [2.45, 2.75) is 37.0 Å². The van der Waals surface area contributed by atoms with Crippen molar-refractivity contribution in [1.82, 2.24) is 9.80 Å². The van der Waals surface area contributed by atoms with Crippen LogP contribution in [-0.2, 0) is 5.41 Å². The minimum atomic E-state index is -0.144. The maximum atomic E-state index is 13.2. The van der Waals surface area contributed by atoms with Crippen LogP contribution in [0.25, 0.3) is 0 Å². The molecule has 1 heterocycles. The predicted molar refractivity (Wildman–Crippen MR) is 160 cm³/mol. The Morgan fingerprint density at radius 2 is 1.64 bits per heavy atom. The molecule has 0 aromatic heterocycles. The molecule has 5 rings (SSSR count). The number of piperidine rings is 1. The van der Waals surface area contributed by atoms with E-state index in [1.54, 1.807) is 30.1 Å². The normalized spacial score (nSPS) is 17.3. The molecule has 1 fully saturated rings. The highest BCUT2D eigenvalue weighted by Gasteiger charge is 2.44. The van der Waals surface area contributed by atoms with E-state index in [0.29, 0.717) is 38.6 Å². The van der Waals surface area contributed by atoms with Gasteiger partial charge in [-0.1, -0.05) is 76.7 Å². The molecule has 2 aliphatic rings. The second kappa shape index (κ2) is 11.8. The number of amides is 1. The van der Waals surface area contributed by atoms with Crippen molar-refractivity contribution in [3.05, 3.63) is 103 Å². The second-order valence-corrected chi connectivity index (χ2v) is 12.5. The Bertz CT molecular complexity index is 1380. The van der Waals surface area contributed by atoms with Crippen molar-refractivity contribution in [3.8, 4) is 0 Å². The number of hydrogen-bond donors (Lipinski definition) is 0. The van der Waals surface area contributed by atoms with Crippen LogP contribution in [0.1, 0.15) is 63.4 Å². The number of ketones is 1. The smallest absolute Gasteiger partial charge is 0.253 e. The first-order valence-electron chi connectivity index (χ1n) is 13.2. The van der Waals surface area contributed by atoms with Gasteiger partial charge >= 0.3 is 0 Å². The summed E-state index contributed by atoms with van der Waals surface area (Å²) in [4.78, 5) is 30.1. The summed E-state index contributed by atoms with van der Waals surface area (Å²) in [7, 11) is 1.79. The molecule has 39 heavy (non-hydrogen) atoms. The van der Waals surface area contributed by atoms with Crippen LogP contribution in [-0.4, -0.2) is 54.7 Å². The number of benzene rings is 3. The van der Waals surface area contributed by atoms with E-state index in [1.807, 2.05) is 36.4 Å². The fourth-order valence-electron chi connectivity index (χ4n) is 6.12. The number of hydrogen-bond acceptors (Lipinski definition) is 3. The quantitative estimate of drug-likeness (QED) is 0.273. The average molecular weight is 604 g/mol. The minimum absolute atomic E-state index is 0.0296. The lowest BCUT2D eigenvalue weighted by Crippen LogP contribution is -2.42. The largest absolute Gasteiger partial charge is 0.341 e. The van der Waals surface area contributed by atoms with Crippen LogP contribution >= 0.6 is 46.4 Å². The molecule has 8 heteroatoms. The number of Topliss-reactive ketones (excluding diaryl/α,β-unsaturated/α-hetero) is 1. The monoisotopic (exact) mass is 602 g/mol. The highest BCUT2D eigenvalue weighted by molar-refractivity contribution is 6.42. The van der Waals surface area contributed by atoms with Gasteiger partial charge in [0.25, 0.3) is 5.91 Å². The Balaban J connectivity index is 1.28. The fourth-order valence-corrected chi connectivity index (χ4v) is 6.95. The molecule has 1 spiro atoms. The Morgan fingerprint density at radius 3 is 2.33 bits per heavy atom. The van der Waals surface area contributed by atoms with Crippen molar-refractivity contribution < 1.29 is 9.59 Å². The molecule has 4 nitrogen and oxygen atoms in total.